The van der Waals surface area contributed by atoms with Crippen LogP contribution < -0.4 is 5.32 Å². The molecule has 5 heteroatoms. The first-order valence-electron chi connectivity index (χ1n) is 6.46. The summed E-state index contributed by atoms with van der Waals surface area (Å²) in [6.45, 7) is 8.04. The third kappa shape index (κ3) is 2.82. The zero-order chi connectivity index (χ0) is 11.7. The van der Waals surface area contributed by atoms with Crippen molar-refractivity contribution in [2.24, 2.45) is 5.41 Å². The molecule has 1 saturated heterocycles. The number of fused-ring (bicyclic) bond motifs is 1. The molecular weight excluding hydrogens is 248 g/mol. The first kappa shape index (κ1) is 13.7. The molecule has 1 atom stereocenters. The standard InChI is InChI=1S/C13H20N4.ClH/c1-13(3-4-14-8-13)9-17-5-2-11-6-15-10-16-12(11)7-17;/h6,10,14H,2-5,7-9H2,1H3;1H. The van der Waals surface area contributed by atoms with Crippen molar-refractivity contribution in [2.45, 2.75) is 26.3 Å². The molecule has 1 fully saturated rings. The van der Waals surface area contributed by atoms with Gasteiger partial charge < -0.3 is 5.32 Å². The maximum Gasteiger partial charge on any atom is 0.115 e. The van der Waals surface area contributed by atoms with E-state index in [0.717, 1.165) is 26.1 Å². The molecule has 4 nitrogen and oxygen atoms in total. The first-order valence-corrected chi connectivity index (χ1v) is 6.46. The fourth-order valence-corrected chi connectivity index (χ4v) is 2.98. The molecule has 0 bridgehead atoms. The third-order valence-corrected chi connectivity index (χ3v) is 4.01. The second-order valence-corrected chi connectivity index (χ2v) is 5.69. The topological polar surface area (TPSA) is 41.1 Å². The van der Waals surface area contributed by atoms with Crippen molar-refractivity contribution in [3.63, 3.8) is 0 Å². The summed E-state index contributed by atoms with van der Waals surface area (Å²) in [4.78, 5) is 11.0. The molecule has 0 spiro atoms. The van der Waals surface area contributed by atoms with E-state index < -0.39 is 0 Å². The number of nitrogens with one attached hydrogen (secondary N) is 1. The van der Waals surface area contributed by atoms with Crippen molar-refractivity contribution >= 4 is 12.4 Å². The molecule has 0 saturated carbocycles. The van der Waals surface area contributed by atoms with Gasteiger partial charge in [0.25, 0.3) is 0 Å². The molecule has 0 aromatic carbocycles. The van der Waals surface area contributed by atoms with Crippen molar-refractivity contribution in [3.8, 4) is 0 Å². The molecule has 1 unspecified atom stereocenters. The van der Waals surface area contributed by atoms with E-state index in [2.05, 4.69) is 27.1 Å². The number of hydrogen-bond acceptors (Lipinski definition) is 4. The smallest absolute Gasteiger partial charge is 0.115 e. The van der Waals surface area contributed by atoms with Gasteiger partial charge in [-0.15, -0.1) is 12.4 Å². The van der Waals surface area contributed by atoms with Crippen molar-refractivity contribution in [1.29, 1.82) is 0 Å². The normalized spacial score (nSPS) is 27.6. The molecule has 1 aromatic rings. The predicted molar refractivity (Wildman–Crippen MR) is 73.9 cm³/mol. The Morgan fingerprint density at radius 2 is 2.39 bits per heavy atom. The molecule has 18 heavy (non-hydrogen) atoms. The predicted octanol–water partition coefficient (Wildman–Crippen LogP) is 1.26. The Balaban J connectivity index is 0.00000120. The summed E-state index contributed by atoms with van der Waals surface area (Å²) in [7, 11) is 0. The minimum Gasteiger partial charge on any atom is -0.316 e. The van der Waals surface area contributed by atoms with Crippen molar-refractivity contribution in [2.75, 3.05) is 26.2 Å². The van der Waals surface area contributed by atoms with Gasteiger partial charge in [-0.05, 0) is 30.4 Å². The lowest BCUT2D eigenvalue weighted by atomic mass is 9.88. The summed E-state index contributed by atoms with van der Waals surface area (Å²) < 4.78 is 0. The Labute approximate surface area is 115 Å². The zero-order valence-corrected chi connectivity index (χ0v) is 11.7. The van der Waals surface area contributed by atoms with Gasteiger partial charge in [0.1, 0.15) is 6.33 Å². The minimum atomic E-state index is 0. The monoisotopic (exact) mass is 268 g/mol. The van der Waals surface area contributed by atoms with Crippen LogP contribution in [0.25, 0.3) is 0 Å². The van der Waals surface area contributed by atoms with Crippen LogP contribution in [-0.2, 0) is 13.0 Å². The van der Waals surface area contributed by atoms with Gasteiger partial charge in [-0.2, -0.15) is 0 Å². The zero-order valence-electron chi connectivity index (χ0n) is 10.9. The minimum absolute atomic E-state index is 0. The molecule has 2 aliphatic rings. The van der Waals surface area contributed by atoms with Crippen LogP contribution in [0.2, 0.25) is 0 Å². The van der Waals surface area contributed by atoms with E-state index in [0.29, 0.717) is 5.41 Å². The Bertz CT molecular complexity index is 404. The third-order valence-electron chi connectivity index (χ3n) is 4.01. The van der Waals surface area contributed by atoms with Gasteiger partial charge in [0, 0.05) is 32.4 Å². The summed E-state index contributed by atoms with van der Waals surface area (Å²) in [6.07, 6.45) is 6.03. The molecule has 0 amide bonds. The molecule has 100 valence electrons. The highest BCUT2D eigenvalue weighted by atomic mass is 35.5. The molecule has 1 N–H and O–H groups in total. The average molecular weight is 269 g/mol. The van der Waals surface area contributed by atoms with Crippen LogP contribution >= 0.6 is 12.4 Å². The van der Waals surface area contributed by atoms with Crippen LogP contribution in [0.5, 0.6) is 0 Å². The lowest BCUT2D eigenvalue weighted by Gasteiger charge is -2.34. The fraction of sp³-hybridized carbons (Fsp3) is 0.692. The molecule has 0 aliphatic carbocycles. The molecule has 0 radical (unpaired) electrons. The Morgan fingerprint density at radius 1 is 1.50 bits per heavy atom. The van der Waals surface area contributed by atoms with E-state index in [1.54, 1.807) is 6.33 Å². The molecular formula is C13H21ClN4. The van der Waals surface area contributed by atoms with Crippen LogP contribution in [0.3, 0.4) is 0 Å². The maximum absolute atomic E-state index is 4.40. The quantitative estimate of drug-likeness (QED) is 0.877. The second-order valence-electron chi connectivity index (χ2n) is 5.69. The van der Waals surface area contributed by atoms with E-state index in [9.17, 15) is 0 Å². The Hall–Kier alpha value is -0.710. The summed E-state index contributed by atoms with van der Waals surface area (Å²) in [6, 6.07) is 0. The van der Waals surface area contributed by atoms with Crippen LogP contribution in [0.1, 0.15) is 24.6 Å². The largest absolute Gasteiger partial charge is 0.316 e. The highest BCUT2D eigenvalue weighted by molar-refractivity contribution is 5.85. The van der Waals surface area contributed by atoms with Gasteiger partial charge in [0.15, 0.2) is 0 Å². The van der Waals surface area contributed by atoms with Crippen LogP contribution in [0, 0.1) is 5.41 Å². The van der Waals surface area contributed by atoms with E-state index in [1.807, 2.05) is 6.20 Å². The van der Waals surface area contributed by atoms with Crippen molar-refractivity contribution < 1.29 is 0 Å². The molecule has 1 aromatic heterocycles. The fourth-order valence-electron chi connectivity index (χ4n) is 2.98. The van der Waals surface area contributed by atoms with Gasteiger partial charge in [0.05, 0.1) is 5.69 Å². The van der Waals surface area contributed by atoms with Crippen molar-refractivity contribution in [3.05, 3.63) is 23.8 Å². The SMILES string of the molecule is CC1(CN2CCc3cncnc3C2)CCNC1.Cl. The van der Waals surface area contributed by atoms with Gasteiger partial charge in [0.2, 0.25) is 0 Å². The summed E-state index contributed by atoms with van der Waals surface area (Å²) in [5.41, 5.74) is 3.00. The summed E-state index contributed by atoms with van der Waals surface area (Å²) >= 11 is 0. The molecule has 3 heterocycles. The second kappa shape index (κ2) is 5.51. The number of halogens is 1. The first-order chi connectivity index (χ1) is 8.25. The number of hydrogen-bond donors (Lipinski definition) is 1. The maximum atomic E-state index is 4.40. The van der Waals surface area contributed by atoms with E-state index >= 15 is 0 Å². The number of nitrogens with zero attached hydrogens (tertiary/aromatic N) is 3. The number of aromatic nitrogens is 2. The molecule has 2 aliphatic heterocycles. The molecule has 3 rings (SSSR count). The highest BCUT2D eigenvalue weighted by Gasteiger charge is 2.31. The van der Waals surface area contributed by atoms with E-state index in [-0.39, 0.29) is 12.4 Å². The van der Waals surface area contributed by atoms with Gasteiger partial charge in [-0.1, -0.05) is 6.92 Å². The summed E-state index contributed by atoms with van der Waals surface area (Å²) in [5.74, 6) is 0. The van der Waals surface area contributed by atoms with Crippen molar-refractivity contribution in [1.82, 2.24) is 20.2 Å². The van der Waals surface area contributed by atoms with Crippen LogP contribution in [0.4, 0.5) is 0 Å². The summed E-state index contributed by atoms with van der Waals surface area (Å²) in [5, 5.41) is 3.47. The van der Waals surface area contributed by atoms with E-state index in [1.165, 1.54) is 30.8 Å². The lowest BCUT2D eigenvalue weighted by Crippen LogP contribution is -2.40. The Morgan fingerprint density at radius 3 is 3.17 bits per heavy atom. The lowest BCUT2D eigenvalue weighted by molar-refractivity contribution is 0.162. The Kier molecular flexibility index (Phi) is 4.20. The van der Waals surface area contributed by atoms with Gasteiger partial charge in [-0.3, -0.25) is 4.90 Å². The van der Waals surface area contributed by atoms with E-state index in [4.69, 9.17) is 0 Å². The van der Waals surface area contributed by atoms with Gasteiger partial charge in [-0.25, -0.2) is 9.97 Å². The number of rotatable bonds is 2. The van der Waals surface area contributed by atoms with Gasteiger partial charge >= 0.3 is 0 Å². The highest BCUT2D eigenvalue weighted by Crippen LogP contribution is 2.27. The van der Waals surface area contributed by atoms with Crippen LogP contribution in [0.15, 0.2) is 12.5 Å². The average Bonchev–Trinajstić information content (AvgIpc) is 2.76. The van der Waals surface area contributed by atoms with Crippen LogP contribution in [-0.4, -0.2) is 41.0 Å².